The van der Waals surface area contributed by atoms with E-state index in [0.717, 1.165) is 31.5 Å². The number of nitrogens with one attached hydrogen (secondary N) is 1. The maximum atomic E-state index is 12.9. The van der Waals surface area contributed by atoms with Crippen LogP contribution in [0.3, 0.4) is 0 Å². The number of piperidine rings is 1. The van der Waals surface area contributed by atoms with E-state index in [0.29, 0.717) is 12.3 Å². The Morgan fingerprint density at radius 1 is 1.22 bits per heavy atom. The fraction of sp³-hybridized carbons (Fsp3) is 0.556. The minimum absolute atomic E-state index is 0.0882. The van der Waals surface area contributed by atoms with E-state index in [4.69, 9.17) is 0 Å². The van der Waals surface area contributed by atoms with E-state index in [1.165, 1.54) is 0 Å². The van der Waals surface area contributed by atoms with Gasteiger partial charge in [-0.25, -0.2) is 0 Å². The van der Waals surface area contributed by atoms with E-state index < -0.39 is 0 Å². The second-order valence-corrected chi connectivity index (χ2v) is 6.42. The smallest absolute Gasteiger partial charge is 0.244 e. The summed E-state index contributed by atoms with van der Waals surface area (Å²) in [4.78, 5) is 28.3. The summed E-state index contributed by atoms with van der Waals surface area (Å²) in [5, 5.41) is 2.67. The Balaban J connectivity index is 1.99. The number of carbonyl (C=O) groups excluding carboxylic acids is 2. The molecule has 1 atom stereocenters. The zero-order valence-electron chi connectivity index (χ0n) is 14.3. The molecule has 0 bridgehead atoms. The van der Waals surface area contributed by atoms with Gasteiger partial charge in [-0.2, -0.15) is 0 Å². The van der Waals surface area contributed by atoms with Crippen LogP contribution in [0.2, 0.25) is 0 Å². The summed E-state index contributed by atoms with van der Waals surface area (Å²) >= 11 is 0. The maximum absolute atomic E-state index is 12.9. The molecule has 0 saturated carbocycles. The lowest BCUT2D eigenvalue weighted by atomic mass is 9.92. The summed E-state index contributed by atoms with van der Waals surface area (Å²) in [7, 11) is 5.55. The standard InChI is InChI=1S/C18H27N3O2/c1-19-16(22)13-14-9-11-21(12-10-14)18(23)17(20(2)3)15-7-5-4-6-8-15/h4-8,14,17H,9-13H2,1-3H3,(H,19,22). The van der Waals surface area contributed by atoms with Crippen LogP contribution < -0.4 is 5.32 Å². The van der Waals surface area contributed by atoms with Crippen molar-refractivity contribution in [2.75, 3.05) is 34.2 Å². The van der Waals surface area contributed by atoms with Gasteiger partial charge in [0.2, 0.25) is 11.8 Å². The van der Waals surface area contributed by atoms with Crippen LogP contribution in [0.25, 0.3) is 0 Å². The van der Waals surface area contributed by atoms with Gasteiger partial charge in [-0.15, -0.1) is 0 Å². The number of hydrogen-bond acceptors (Lipinski definition) is 3. The first-order valence-electron chi connectivity index (χ1n) is 8.23. The predicted octanol–water partition coefficient (Wildman–Crippen LogP) is 1.66. The molecule has 1 aliphatic rings. The Morgan fingerprint density at radius 2 is 1.83 bits per heavy atom. The van der Waals surface area contributed by atoms with Gasteiger partial charge < -0.3 is 10.2 Å². The third kappa shape index (κ3) is 4.55. The summed E-state index contributed by atoms with van der Waals surface area (Å²) in [6.07, 6.45) is 2.36. The Labute approximate surface area is 138 Å². The molecule has 1 aromatic carbocycles. The van der Waals surface area contributed by atoms with Gasteiger partial charge in [0.1, 0.15) is 6.04 Å². The summed E-state index contributed by atoms with van der Waals surface area (Å²) in [5.74, 6) is 0.623. The molecule has 0 aliphatic carbocycles. The van der Waals surface area contributed by atoms with Crippen molar-refractivity contribution in [3.05, 3.63) is 35.9 Å². The number of rotatable bonds is 5. The fourth-order valence-electron chi connectivity index (χ4n) is 3.19. The van der Waals surface area contributed by atoms with Gasteiger partial charge in [-0.1, -0.05) is 30.3 Å². The van der Waals surface area contributed by atoms with E-state index in [1.54, 1.807) is 7.05 Å². The minimum Gasteiger partial charge on any atom is -0.359 e. The normalized spacial score (nSPS) is 17.1. The molecule has 23 heavy (non-hydrogen) atoms. The Morgan fingerprint density at radius 3 is 2.35 bits per heavy atom. The van der Waals surface area contributed by atoms with E-state index >= 15 is 0 Å². The lowest BCUT2D eigenvalue weighted by Gasteiger charge is -2.36. The van der Waals surface area contributed by atoms with E-state index in [2.05, 4.69) is 5.32 Å². The first kappa shape index (κ1) is 17.5. The van der Waals surface area contributed by atoms with E-state index in [9.17, 15) is 9.59 Å². The van der Waals surface area contributed by atoms with Crippen molar-refractivity contribution in [1.82, 2.24) is 15.1 Å². The second kappa shape index (κ2) is 8.11. The van der Waals surface area contributed by atoms with Crippen LogP contribution >= 0.6 is 0 Å². The van der Waals surface area contributed by atoms with Gasteiger partial charge in [0.25, 0.3) is 0 Å². The Bertz CT molecular complexity index is 522. The molecule has 2 rings (SSSR count). The minimum atomic E-state index is -0.244. The molecule has 5 nitrogen and oxygen atoms in total. The number of amides is 2. The lowest BCUT2D eigenvalue weighted by molar-refractivity contribution is -0.137. The Hall–Kier alpha value is -1.88. The third-order valence-corrected chi connectivity index (χ3v) is 4.54. The van der Waals surface area contributed by atoms with Crippen molar-refractivity contribution in [3.63, 3.8) is 0 Å². The predicted molar refractivity (Wildman–Crippen MR) is 90.9 cm³/mol. The summed E-state index contributed by atoms with van der Waals surface area (Å²) in [6, 6.07) is 9.66. The highest BCUT2D eigenvalue weighted by molar-refractivity contribution is 5.83. The molecule has 1 unspecified atom stereocenters. The Kier molecular flexibility index (Phi) is 6.16. The molecule has 1 heterocycles. The van der Waals surface area contributed by atoms with Crippen LogP contribution in [0.5, 0.6) is 0 Å². The van der Waals surface area contributed by atoms with Crippen molar-refractivity contribution in [1.29, 1.82) is 0 Å². The second-order valence-electron chi connectivity index (χ2n) is 6.42. The topological polar surface area (TPSA) is 52.7 Å². The highest BCUT2D eigenvalue weighted by atomic mass is 16.2. The van der Waals surface area contributed by atoms with Crippen LogP contribution in [0.4, 0.5) is 0 Å². The molecule has 0 spiro atoms. The molecule has 1 saturated heterocycles. The summed E-state index contributed by atoms with van der Waals surface area (Å²) in [5.41, 5.74) is 1.02. The number of benzene rings is 1. The number of nitrogens with zero attached hydrogens (tertiary/aromatic N) is 2. The number of hydrogen-bond donors (Lipinski definition) is 1. The molecule has 0 aromatic heterocycles. The van der Waals surface area contributed by atoms with Crippen molar-refractivity contribution >= 4 is 11.8 Å². The van der Waals surface area contributed by atoms with Crippen LogP contribution in [-0.4, -0.2) is 55.8 Å². The molecule has 1 aromatic rings. The molecule has 1 N–H and O–H groups in total. The zero-order valence-corrected chi connectivity index (χ0v) is 14.3. The van der Waals surface area contributed by atoms with Crippen molar-refractivity contribution < 1.29 is 9.59 Å². The summed E-state index contributed by atoms with van der Waals surface area (Å²) in [6.45, 7) is 1.47. The van der Waals surface area contributed by atoms with Crippen LogP contribution in [-0.2, 0) is 9.59 Å². The third-order valence-electron chi connectivity index (χ3n) is 4.54. The average Bonchev–Trinajstić information content (AvgIpc) is 2.56. The van der Waals surface area contributed by atoms with Gasteiger partial charge in [-0.05, 0) is 38.4 Å². The van der Waals surface area contributed by atoms with Crippen LogP contribution in [0.15, 0.2) is 30.3 Å². The van der Waals surface area contributed by atoms with Crippen molar-refractivity contribution in [3.8, 4) is 0 Å². The van der Waals surface area contributed by atoms with E-state index in [1.807, 2.05) is 54.2 Å². The van der Waals surface area contributed by atoms with Crippen LogP contribution in [0.1, 0.15) is 30.9 Å². The number of likely N-dealkylation sites (N-methyl/N-ethyl adjacent to an activating group) is 1. The molecule has 126 valence electrons. The maximum Gasteiger partial charge on any atom is 0.244 e. The van der Waals surface area contributed by atoms with Gasteiger partial charge in [-0.3, -0.25) is 14.5 Å². The SMILES string of the molecule is CNC(=O)CC1CCN(C(=O)C(c2ccccc2)N(C)C)CC1. The first-order chi connectivity index (χ1) is 11.0. The quantitative estimate of drug-likeness (QED) is 0.899. The number of carbonyl (C=O) groups is 2. The lowest BCUT2D eigenvalue weighted by Crippen LogP contribution is -2.45. The highest BCUT2D eigenvalue weighted by Gasteiger charge is 2.30. The van der Waals surface area contributed by atoms with Gasteiger partial charge >= 0.3 is 0 Å². The monoisotopic (exact) mass is 317 g/mol. The fourth-order valence-corrected chi connectivity index (χ4v) is 3.19. The van der Waals surface area contributed by atoms with E-state index in [-0.39, 0.29) is 17.9 Å². The highest BCUT2D eigenvalue weighted by Crippen LogP contribution is 2.26. The molecule has 5 heteroatoms. The average molecular weight is 317 g/mol. The zero-order chi connectivity index (χ0) is 16.8. The van der Waals surface area contributed by atoms with Crippen molar-refractivity contribution in [2.24, 2.45) is 5.92 Å². The molecule has 1 fully saturated rings. The van der Waals surface area contributed by atoms with Gasteiger partial charge in [0.15, 0.2) is 0 Å². The van der Waals surface area contributed by atoms with Gasteiger partial charge in [0.05, 0.1) is 0 Å². The molecule has 0 radical (unpaired) electrons. The molecule has 1 aliphatic heterocycles. The molecular weight excluding hydrogens is 290 g/mol. The largest absolute Gasteiger partial charge is 0.359 e. The van der Waals surface area contributed by atoms with Crippen LogP contribution in [0, 0.1) is 5.92 Å². The first-order valence-corrected chi connectivity index (χ1v) is 8.23. The molecular formula is C18H27N3O2. The molecule has 2 amide bonds. The van der Waals surface area contributed by atoms with Crippen molar-refractivity contribution in [2.45, 2.75) is 25.3 Å². The number of likely N-dealkylation sites (tertiary alicyclic amines) is 1. The van der Waals surface area contributed by atoms with Gasteiger partial charge in [0, 0.05) is 26.6 Å². The summed E-state index contributed by atoms with van der Waals surface area (Å²) < 4.78 is 0.